The molecule has 0 heterocycles. The van der Waals surface area contributed by atoms with Gasteiger partial charge < -0.3 is 9.47 Å². The van der Waals surface area contributed by atoms with E-state index in [1.807, 2.05) is 0 Å². The summed E-state index contributed by atoms with van der Waals surface area (Å²) in [6.07, 6.45) is -4.25. The molecule has 0 unspecified atom stereocenters. The van der Waals surface area contributed by atoms with Gasteiger partial charge in [0, 0.05) is 6.61 Å². The van der Waals surface area contributed by atoms with Gasteiger partial charge in [-0.1, -0.05) is 0 Å². The van der Waals surface area contributed by atoms with Crippen LogP contribution in [0.1, 0.15) is 0 Å². The highest BCUT2D eigenvalue weighted by Crippen LogP contribution is 2.13. The van der Waals surface area contributed by atoms with Gasteiger partial charge in [0.05, 0.1) is 13.2 Å². The summed E-state index contributed by atoms with van der Waals surface area (Å²) >= 11 is 0. The van der Waals surface area contributed by atoms with Crippen LogP contribution in [0.4, 0.5) is 13.2 Å². The minimum atomic E-state index is -4.25. The van der Waals surface area contributed by atoms with Gasteiger partial charge in [-0.15, -0.1) is 0 Å². The van der Waals surface area contributed by atoms with E-state index in [1.165, 1.54) is 0 Å². The number of rotatable bonds is 5. The maximum absolute atomic E-state index is 11.4. The molecule has 5 heteroatoms. The van der Waals surface area contributed by atoms with Gasteiger partial charge in [-0.05, 0) is 6.92 Å². The summed E-state index contributed by atoms with van der Waals surface area (Å²) in [5, 5.41) is 0. The Morgan fingerprint density at radius 1 is 1.09 bits per heavy atom. The fraction of sp³-hybridized carbons (Fsp3) is 0.833. The Kier molecular flexibility index (Phi) is 5.23. The summed E-state index contributed by atoms with van der Waals surface area (Å²) in [5.41, 5.74) is 0. The SMILES string of the molecule is [CH2]COCCOCC(F)(F)F. The van der Waals surface area contributed by atoms with Crippen LogP contribution < -0.4 is 0 Å². The van der Waals surface area contributed by atoms with Crippen molar-refractivity contribution < 1.29 is 22.6 Å². The Balaban J connectivity index is 3.02. The zero-order chi connectivity index (χ0) is 8.74. The summed E-state index contributed by atoms with van der Waals surface area (Å²) in [6.45, 7) is 2.47. The summed E-state index contributed by atoms with van der Waals surface area (Å²) < 4.78 is 43.0. The number of alkyl halides is 3. The molecule has 0 bridgehead atoms. The molecular formula is C6H10F3O2. The van der Waals surface area contributed by atoms with Gasteiger partial charge in [0.15, 0.2) is 0 Å². The van der Waals surface area contributed by atoms with Gasteiger partial charge in [-0.3, -0.25) is 0 Å². The predicted octanol–water partition coefficient (Wildman–Crippen LogP) is 1.42. The average molecular weight is 171 g/mol. The van der Waals surface area contributed by atoms with Crippen molar-refractivity contribution in [3.8, 4) is 0 Å². The van der Waals surface area contributed by atoms with Crippen LogP contribution in [0.3, 0.4) is 0 Å². The molecule has 2 nitrogen and oxygen atoms in total. The van der Waals surface area contributed by atoms with E-state index < -0.39 is 12.8 Å². The summed E-state index contributed by atoms with van der Waals surface area (Å²) in [7, 11) is 0. The molecule has 67 valence electrons. The third kappa shape index (κ3) is 9.71. The zero-order valence-electron chi connectivity index (χ0n) is 5.99. The number of halogens is 3. The van der Waals surface area contributed by atoms with E-state index >= 15 is 0 Å². The second kappa shape index (κ2) is 5.37. The molecule has 0 aliphatic carbocycles. The van der Waals surface area contributed by atoms with Crippen molar-refractivity contribution in [3.63, 3.8) is 0 Å². The Morgan fingerprint density at radius 3 is 2.09 bits per heavy atom. The van der Waals surface area contributed by atoms with Crippen LogP contribution >= 0.6 is 0 Å². The van der Waals surface area contributed by atoms with E-state index in [9.17, 15) is 13.2 Å². The van der Waals surface area contributed by atoms with Crippen molar-refractivity contribution in [1.29, 1.82) is 0 Å². The molecule has 0 fully saturated rings. The molecule has 0 rings (SSSR count). The lowest BCUT2D eigenvalue weighted by molar-refractivity contribution is -0.176. The molecule has 0 amide bonds. The summed E-state index contributed by atoms with van der Waals surface area (Å²) in [4.78, 5) is 0. The number of hydrogen-bond acceptors (Lipinski definition) is 2. The van der Waals surface area contributed by atoms with E-state index in [1.54, 1.807) is 0 Å². The molecule has 1 radical (unpaired) electrons. The van der Waals surface area contributed by atoms with Gasteiger partial charge in [-0.25, -0.2) is 0 Å². The fourth-order valence-corrected chi connectivity index (χ4v) is 0.408. The molecule has 0 saturated carbocycles. The quantitative estimate of drug-likeness (QED) is 0.582. The Morgan fingerprint density at radius 2 is 1.64 bits per heavy atom. The molecule has 0 atom stereocenters. The average Bonchev–Trinajstić information content (AvgIpc) is 1.85. The van der Waals surface area contributed by atoms with Gasteiger partial charge in [0.1, 0.15) is 6.61 Å². The Labute approximate surface area is 63.3 Å². The van der Waals surface area contributed by atoms with Crippen LogP contribution in [-0.4, -0.2) is 32.6 Å². The first-order chi connectivity index (χ1) is 5.06. The molecule has 0 saturated heterocycles. The van der Waals surface area contributed by atoms with Gasteiger partial charge in [-0.2, -0.15) is 13.2 Å². The first-order valence-electron chi connectivity index (χ1n) is 3.08. The first kappa shape index (κ1) is 10.7. The predicted molar refractivity (Wildman–Crippen MR) is 33.0 cm³/mol. The molecular weight excluding hydrogens is 161 g/mol. The van der Waals surface area contributed by atoms with E-state index in [0.29, 0.717) is 0 Å². The van der Waals surface area contributed by atoms with Crippen LogP contribution in [-0.2, 0) is 9.47 Å². The summed E-state index contributed by atoms with van der Waals surface area (Å²) in [5.74, 6) is 0. The Bertz CT molecular complexity index is 92.3. The van der Waals surface area contributed by atoms with Gasteiger partial charge in [0.25, 0.3) is 0 Å². The second-order valence-corrected chi connectivity index (χ2v) is 1.78. The van der Waals surface area contributed by atoms with E-state index in [4.69, 9.17) is 0 Å². The van der Waals surface area contributed by atoms with Crippen molar-refractivity contribution >= 4 is 0 Å². The minimum Gasteiger partial charge on any atom is -0.379 e. The van der Waals surface area contributed by atoms with Crippen molar-refractivity contribution in [2.45, 2.75) is 6.18 Å². The maximum atomic E-state index is 11.4. The smallest absolute Gasteiger partial charge is 0.379 e. The van der Waals surface area contributed by atoms with E-state index in [-0.39, 0.29) is 19.8 Å². The van der Waals surface area contributed by atoms with Crippen molar-refractivity contribution in [3.05, 3.63) is 6.92 Å². The molecule has 0 aromatic heterocycles. The van der Waals surface area contributed by atoms with Crippen molar-refractivity contribution in [2.75, 3.05) is 26.4 Å². The van der Waals surface area contributed by atoms with Crippen LogP contribution in [0.5, 0.6) is 0 Å². The van der Waals surface area contributed by atoms with Crippen LogP contribution in [0.2, 0.25) is 0 Å². The largest absolute Gasteiger partial charge is 0.411 e. The third-order valence-electron chi connectivity index (χ3n) is 0.782. The maximum Gasteiger partial charge on any atom is 0.411 e. The van der Waals surface area contributed by atoms with Crippen LogP contribution in [0, 0.1) is 6.92 Å². The fourth-order valence-electron chi connectivity index (χ4n) is 0.408. The van der Waals surface area contributed by atoms with Crippen LogP contribution in [0.25, 0.3) is 0 Å². The molecule has 0 N–H and O–H groups in total. The molecule has 0 aromatic carbocycles. The molecule has 0 aromatic rings. The lowest BCUT2D eigenvalue weighted by Gasteiger charge is -2.06. The van der Waals surface area contributed by atoms with Crippen molar-refractivity contribution in [2.24, 2.45) is 0 Å². The highest BCUT2D eigenvalue weighted by atomic mass is 19.4. The minimum absolute atomic E-state index is 0.0466. The second-order valence-electron chi connectivity index (χ2n) is 1.78. The standard InChI is InChI=1S/C6H10F3O2/c1-2-10-3-4-11-5-6(7,8)9/h1-5H2. The topological polar surface area (TPSA) is 18.5 Å². The highest BCUT2D eigenvalue weighted by Gasteiger charge is 2.27. The third-order valence-corrected chi connectivity index (χ3v) is 0.782. The summed E-state index contributed by atoms with van der Waals surface area (Å²) in [6, 6.07) is 0. The van der Waals surface area contributed by atoms with E-state index in [2.05, 4.69) is 16.4 Å². The molecule has 0 aliphatic rings. The van der Waals surface area contributed by atoms with Gasteiger partial charge in [0.2, 0.25) is 0 Å². The molecule has 11 heavy (non-hydrogen) atoms. The van der Waals surface area contributed by atoms with Gasteiger partial charge >= 0.3 is 6.18 Å². The molecule has 0 spiro atoms. The lowest BCUT2D eigenvalue weighted by Crippen LogP contribution is -2.18. The van der Waals surface area contributed by atoms with Crippen LogP contribution in [0.15, 0.2) is 0 Å². The highest BCUT2D eigenvalue weighted by molar-refractivity contribution is 4.45. The van der Waals surface area contributed by atoms with E-state index in [0.717, 1.165) is 0 Å². The van der Waals surface area contributed by atoms with Crippen molar-refractivity contribution in [1.82, 2.24) is 0 Å². The normalized spacial score (nSPS) is 12.0. The first-order valence-corrected chi connectivity index (χ1v) is 3.08. The lowest BCUT2D eigenvalue weighted by atomic mass is 10.7. The number of hydrogen-bond donors (Lipinski definition) is 0. The molecule has 0 aliphatic heterocycles. The monoisotopic (exact) mass is 171 g/mol. The number of ether oxygens (including phenoxy) is 2. The zero-order valence-corrected chi connectivity index (χ0v) is 5.99. The Hall–Kier alpha value is -0.290.